The Morgan fingerprint density at radius 3 is 2.57 bits per heavy atom. The van der Waals surface area contributed by atoms with E-state index >= 15 is 0 Å². The summed E-state index contributed by atoms with van der Waals surface area (Å²) in [6, 6.07) is 6.57. The van der Waals surface area contributed by atoms with Gasteiger partial charge in [0.1, 0.15) is 15.7 Å². The van der Waals surface area contributed by atoms with Gasteiger partial charge in [0.25, 0.3) is 5.91 Å². The van der Waals surface area contributed by atoms with E-state index < -0.39 is 15.8 Å². The number of carbonyl (C=O) groups is 1. The molecule has 0 aromatic heterocycles. The molecule has 0 bridgehead atoms. The van der Waals surface area contributed by atoms with Crippen molar-refractivity contribution in [3.8, 4) is 18.1 Å². The van der Waals surface area contributed by atoms with Crippen LogP contribution in [0.1, 0.15) is 24.2 Å². The van der Waals surface area contributed by atoms with Gasteiger partial charge in [-0.2, -0.15) is 0 Å². The van der Waals surface area contributed by atoms with Gasteiger partial charge >= 0.3 is 0 Å². The first-order valence-electron chi connectivity index (χ1n) is 6.51. The molecule has 1 rings (SSSR count). The molecule has 0 saturated heterocycles. The van der Waals surface area contributed by atoms with Crippen LogP contribution in [0.5, 0.6) is 5.75 Å². The van der Waals surface area contributed by atoms with Crippen molar-refractivity contribution in [3.05, 3.63) is 29.8 Å². The predicted octanol–water partition coefficient (Wildman–Crippen LogP) is 2.10. The lowest BCUT2D eigenvalue weighted by molar-refractivity contribution is 0.100. The number of terminal acetylenes is 1. The van der Waals surface area contributed by atoms with Crippen LogP contribution in [0.25, 0.3) is 0 Å². The van der Waals surface area contributed by atoms with Crippen molar-refractivity contribution in [3.63, 3.8) is 0 Å². The third-order valence-electron chi connectivity index (χ3n) is 2.38. The van der Waals surface area contributed by atoms with Crippen LogP contribution in [0.4, 0.5) is 0 Å². The van der Waals surface area contributed by atoms with Gasteiger partial charge in [0, 0.05) is 11.8 Å². The van der Waals surface area contributed by atoms with E-state index in [-0.39, 0.29) is 6.54 Å². The molecule has 114 valence electrons. The lowest BCUT2D eigenvalue weighted by Crippen LogP contribution is -2.23. The molecule has 0 fully saturated rings. The monoisotopic (exact) mass is 308 g/mol. The minimum absolute atomic E-state index is 0.0914. The average molecular weight is 308 g/mol. The van der Waals surface area contributed by atoms with Crippen molar-refractivity contribution in [2.24, 2.45) is 10.3 Å². The summed E-state index contributed by atoms with van der Waals surface area (Å²) in [5, 5.41) is 0. The Hall–Kier alpha value is -1.84. The number of ether oxygens (including phenoxy) is 1. The Labute approximate surface area is 126 Å². The molecule has 1 amide bonds. The van der Waals surface area contributed by atoms with E-state index in [1.165, 1.54) is 6.26 Å². The van der Waals surface area contributed by atoms with E-state index in [2.05, 4.69) is 28.9 Å². The Kier molecular flexibility index (Phi) is 6.40. The smallest absolute Gasteiger partial charge is 0.286 e. The molecule has 6 heteroatoms. The van der Waals surface area contributed by atoms with E-state index in [0.29, 0.717) is 23.8 Å². The summed E-state index contributed by atoms with van der Waals surface area (Å²) < 4.78 is 23.7. The summed E-state index contributed by atoms with van der Waals surface area (Å²) in [6.07, 6.45) is 6.40. The van der Waals surface area contributed by atoms with Gasteiger partial charge in [0.05, 0.1) is 13.2 Å². The fraction of sp³-hybridized carbons (Fsp3) is 0.400. The van der Waals surface area contributed by atoms with Crippen molar-refractivity contribution in [2.75, 3.05) is 19.4 Å². The topological polar surface area (TPSA) is 67.8 Å². The van der Waals surface area contributed by atoms with Gasteiger partial charge in [-0.25, -0.2) is 8.93 Å². The largest absolute Gasteiger partial charge is 0.493 e. The maximum atomic E-state index is 12.0. The molecule has 21 heavy (non-hydrogen) atoms. The SMILES string of the molecule is C#CCNS(C)(=O)=NC(=O)c1ccc(OCC(C)C)cc1. The molecule has 1 N–H and O–H groups in total. The first kappa shape index (κ1) is 17.2. The normalized spacial score (nSPS) is 13.3. The fourth-order valence-electron chi connectivity index (χ4n) is 1.38. The van der Waals surface area contributed by atoms with Crippen LogP contribution >= 0.6 is 0 Å². The minimum atomic E-state index is -2.82. The van der Waals surface area contributed by atoms with Gasteiger partial charge in [0.15, 0.2) is 0 Å². The van der Waals surface area contributed by atoms with E-state index in [0.717, 1.165) is 0 Å². The molecule has 0 saturated carbocycles. The van der Waals surface area contributed by atoms with Crippen LogP contribution in [-0.4, -0.2) is 29.5 Å². The second kappa shape index (κ2) is 7.81. The molecule has 0 aliphatic rings. The number of hydrogen-bond acceptors (Lipinski definition) is 3. The third kappa shape index (κ3) is 6.43. The quantitative estimate of drug-likeness (QED) is 0.818. The number of amides is 1. The highest BCUT2D eigenvalue weighted by molar-refractivity contribution is 7.91. The maximum absolute atomic E-state index is 12.0. The van der Waals surface area contributed by atoms with Gasteiger partial charge < -0.3 is 4.74 Å². The highest BCUT2D eigenvalue weighted by Crippen LogP contribution is 2.14. The average Bonchev–Trinajstić information content (AvgIpc) is 2.43. The lowest BCUT2D eigenvalue weighted by atomic mass is 10.2. The summed E-state index contributed by atoms with van der Waals surface area (Å²) in [5.74, 6) is 2.84. The van der Waals surface area contributed by atoms with E-state index in [1.807, 2.05) is 0 Å². The third-order valence-corrected chi connectivity index (χ3v) is 3.58. The Balaban J connectivity index is 2.78. The number of carbonyl (C=O) groups excluding carboxylic acids is 1. The summed E-state index contributed by atoms with van der Waals surface area (Å²) in [4.78, 5) is 11.9. The molecule has 0 aliphatic heterocycles. The molecule has 1 aromatic carbocycles. The molecule has 0 radical (unpaired) electrons. The highest BCUT2D eigenvalue weighted by Gasteiger charge is 2.08. The lowest BCUT2D eigenvalue weighted by Gasteiger charge is -2.08. The van der Waals surface area contributed by atoms with Crippen molar-refractivity contribution in [1.29, 1.82) is 0 Å². The van der Waals surface area contributed by atoms with Crippen LogP contribution in [0.15, 0.2) is 28.6 Å². The molecule has 0 heterocycles. The van der Waals surface area contributed by atoms with Crippen molar-refractivity contribution in [2.45, 2.75) is 13.8 Å². The van der Waals surface area contributed by atoms with Crippen molar-refractivity contribution < 1.29 is 13.7 Å². The van der Waals surface area contributed by atoms with Gasteiger partial charge in [-0.1, -0.05) is 19.8 Å². The second-order valence-corrected chi connectivity index (χ2v) is 7.03. The number of nitrogens with zero attached hydrogens (tertiary/aromatic N) is 1. The standard InChI is InChI=1S/C15H20N2O3S/c1-5-10-16-21(4,19)17-15(18)13-6-8-14(9-7-13)20-11-12(2)3/h1,6-9,12H,10-11H2,2-4H3,(H,16,17,18,19). The Morgan fingerprint density at radius 2 is 2.05 bits per heavy atom. The number of rotatable bonds is 6. The van der Waals surface area contributed by atoms with Gasteiger partial charge in [-0.15, -0.1) is 10.8 Å². The fourth-order valence-corrected chi connectivity index (χ4v) is 2.21. The zero-order chi connectivity index (χ0) is 15.9. The number of nitrogens with one attached hydrogen (secondary N) is 1. The van der Waals surface area contributed by atoms with Crippen molar-refractivity contribution in [1.82, 2.24) is 4.72 Å². The maximum Gasteiger partial charge on any atom is 0.286 e. The van der Waals surface area contributed by atoms with Gasteiger partial charge in [0.2, 0.25) is 0 Å². The van der Waals surface area contributed by atoms with Gasteiger partial charge in [-0.3, -0.25) is 4.79 Å². The van der Waals surface area contributed by atoms with Crippen LogP contribution in [0, 0.1) is 18.3 Å². The van der Waals surface area contributed by atoms with Crippen LogP contribution in [0.3, 0.4) is 0 Å². The van der Waals surface area contributed by atoms with Crippen LogP contribution in [0.2, 0.25) is 0 Å². The van der Waals surface area contributed by atoms with Crippen LogP contribution in [-0.2, 0) is 9.92 Å². The molecule has 5 nitrogen and oxygen atoms in total. The van der Waals surface area contributed by atoms with Crippen molar-refractivity contribution >= 4 is 15.8 Å². The summed E-state index contributed by atoms with van der Waals surface area (Å²) in [7, 11) is -2.82. The Bertz CT molecular complexity index is 636. The Morgan fingerprint density at radius 1 is 1.43 bits per heavy atom. The van der Waals surface area contributed by atoms with E-state index in [9.17, 15) is 9.00 Å². The minimum Gasteiger partial charge on any atom is -0.493 e. The van der Waals surface area contributed by atoms with Gasteiger partial charge in [-0.05, 0) is 30.2 Å². The molecular formula is C15H20N2O3S. The first-order valence-corrected chi connectivity index (χ1v) is 8.44. The summed E-state index contributed by atoms with van der Waals surface area (Å²) in [5.41, 5.74) is 0.351. The number of benzene rings is 1. The number of hydrogen-bond donors (Lipinski definition) is 1. The van der Waals surface area contributed by atoms with Crippen LogP contribution < -0.4 is 9.46 Å². The second-order valence-electron chi connectivity index (χ2n) is 4.95. The highest BCUT2D eigenvalue weighted by atomic mass is 32.2. The zero-order valence-electron chi connectivity index (χ0n) is 12.5. The molecule has 0 spiro atoms. The summed E-state index contributed by atoms with van der Waals surface area (Å²) in [6.45, 7) is 4.81. The first-order chi connectivity index (χ1) is 9.84. The van der Waals surface area contributed by atoms with E-state index in [4.69, 9.17) is 11.2 Å². The molecular weight excluding hydrogens is 288 g/mol. The zero-order valence-corrected chi connectivity index (χ0v) is 13.3. The molecule has 1 atom stereocenters. The predicted molar refractivity (Wildman–Crippen MR) is 84.4 cm³/mol. The molecule has 1 unspecified atom stereocenters. The molecule has 1 aromatic rings. The summed E-state index contributed by atoms with van der Waals surface area (Å²) >= 11 is 0. The molecule has 0 aliphatic carbocycles. The van der Waals surface area contributed by atoms with E-state index in [1.54, 1.807) is 24.3 Å².